The second kappa shape index (κ2) is 9.28. The summed E-state index contributed by atoms with van der Waals surface area (Å²) in [6.07, 6.45) is 1.70. The lowest BCUT2D eigenvalue weighted by molar-refractivity contribution is -0.138. The van der Waals surface area contributed by atoms with E-state index >= 15 is 0 Å². The maximum atomic E-state index is 12.7. The smallest absolute Gasteiger partial charge is 0.263 e. The highest BCUT2D eigenvalue weighted by Gasteiger charge is 2.31. The Labute approximate surface area is 152 Å². The van der Waals surface area contributed by atoms with Gasteiger partial charge in [-0.05, 0) is 62.9 Å². The Morgan fingerprint density at radius 3 is 2.67 bits per heavy atom. The van der Waals surface area contributed by atoms with Crippen molar-refractivity contribution in [3.63, 3.8) is 0 Å². The molecule has 1 aliphatic heterocycles. The number of rotatable bonds is 6. The fourth-order valence-corrected chi connectivity index (χ4v) is 3.43. The minimum atomic E-state index is -0.447. The van der Waals surface area contributed by atoms with Crippen LogP contribution in [0.4, 0.5) is 0 Å². The van der Waals surface area contributed by atoms with E-state index in [0.29, 0.717) is 12.0 Å². The molecule has 2 rings (SSSR count). The van der Waals surface area contributed by atoms with E-state index in [-0.39, 0.29) is 18.3 Å². The van der Waals surface area contributed by atoms with E-state index < -0.39 is 6.10 Å². The van der Waals surface area contributed by atoms with Crippen molar-refractivity contribution in [1.29, 1.82) is 0 Å². The Hall–Kier alpha value is -1.26. The van der Waals surface area contributed by atoms with Gasteiger partial charge in [0.2, 0.25) is 0 Å². The molecule has 5 heteroatoms. The molecule has 1 aromatic rings. The predicted octanol–water partition coefficient (Wildman–Crippen LogP) is 3.52. The Balaban J connectivity index is 0.00000288. The van der Waals surface area contributed by atoms with Crippen LogP contribution in [-0.2, 0) is 4.79 Å². The highest BCUT2D eigenvalue weighted by atomic mass is 35.5. The summed E-state index contributed by atoms with van der Waals surface area (Å²) in [7, 11) is 1.93. The first-order chi connectivity index (χ1) is 10.9. The maximum Gasteiger partial charge on any atom is 0.263 e. The van der Waals surface area contributed by atoms with Crippen LogP contribution >= 0.6 is 12.4 Å². The van der Waals surface area contributed by atoms with Crippen LogP contribution < -0.4 is 10.1 Å². The summed E-state index contributed by atoms with van der Waals surface area (Å²) in [6, 6.07) is 6.41. The lowest BCUT2D eigenvalue weighted by Gasteiger charge is -2.27. The lowest BCUT2D eigenvalue weighted by Crippen LogP contribution is -2.46. The topological polar surface area (TPSA) is 41.6 Å². The number of nitrogens with one attached hydrogen (secondary N) is 1. The molecule has 0 spiro atoms. The van der Waals surface area contributed by atoms with Gasteiger partial charge in [-0.15, -0.1) is 12.4 Å². The van der Waals surface area contributed by atoms with Crippen LogP contribution in [-0.4, -0.2) is 43.1 Å². The molecule has 4 nitrogen and oxygen atoms in total. The molecule has 0 saturated carbocycles. The van der Waals surface area contributed by atoms with Crippen molar-refractivity contribution in [3.05, 3.63) is 29.3 Å². The van der Waals surface area contributed by atoms with E-state index in [2.05, 4.69) is 32.2 Å². The van der Waals surface area contributed by atoms with Crippen LogP contribution in [0.1, 0.15) is 50.7 Å². The fourth-order valence-electron chi connectivity index (χ4n) is 3.43. The zero-order chi connectivity index (χ0) is 17.0. The van der Waals surface area contributed by atoms with Crippen LogP contribution in [0.5, 0.6) is 5.75 Å². The molecular formula is C19H31ClN2O2. The number of amides is 1. The van der Waals surface area contributed by atoms with Crippen LogP contribution in [0.15, 0.2) is 18.2 Å². The van der Waals surface area contributed by atoms with Gasteiger partial charge in [0.05, 0.1) is 0 Å². The van der Waals surface area contributed by atoms with Gasteiger partial charge in [-0.25, -0.2) is 0 Å². The number of aryl methyl sites for hydroxylation is 1. The number of carbonyl (C=O) groups is 1. The molecule has 1 aromatic carbocycles. The summed E-state index contributed by atoms with van der Waals surface area (Å²) in [5.74, 6) is 1.36. The van der Waals surface area contributed by atoms with E-state index in [1.807, 2.05) is 31.0 Å². The molecule has 136 valence electrons. The molecule has 1 heterocycles. The average Bonchev–Trinajstić information content (AvgIpc) is 2.94. The van der Waals surface area contributed by atoms with E-state index in [1.165, 1.54) is 11.1 Å². The molecular weight excluding hydrogens is 324 g/mol. The molecule has 1 N–H and O–H groups in total. The number of carbonyl (C=O) groups excluding carboxylic acids is 1. The summed E-state index contributed by atoms with van der Waals surface area (Å²) >= 11 is 0. The van der Waals surface area contributed by atoms with Gasteiger partial charge in [0.1, 0.15) is 5.75 Å². The van der Waals surface area contributed by atoms with Crippen molar-refractivity contribution in [2.24, 2.45) is 0 Å². The normalized spacial score (nSPS) is 18.4. The minimum Gasteiger partial charge on any atom is -0.481 e. The van der Waals surface area contributed by atoms with E-state index in [1.54, 1.807) is 0 Å². The first-order valence-corrected chi connectivity index (χ1v) is 8.66. The Bertz CT molecular complexity index is 548. The van der Waals surface area contributed by atoms with Crippen molar-refractivity contribution in [1.82, 2.24) is 10.2 Å². The van der Waals surface area contributed by atoms with Gasteiger partial charge in [-0.2, -0.15) is 0 Å². The van der Waals surface area contributed by atoms with Crippen LogP contribution in [0.25, 0.3) is 0 Å². The van der Waals surface area contributed by atoms with Gasteiger partial charge in [0.15, 0.2) is 6.10 Å². The molecule has 0 radical (unpaired) electrons. The summed E-state index contributed by atoms with van der Waals surface area (Å²) < 4.78 is 5.92. The van der Waals surface area contributed by atoms with E-state index in [4.69, 9.17) is 4.74 Å². The molecule has 1 aliphatic rings. The Morgan fingerprint density at radius 2 is 2.08 bits per heavy atom. The quantitative estimate of drug-likeness (QED) is 0.849. The molecule has 2 unspecified atom stereocenters. The number of likely N-dealkylation sites (tertiary alicyclic amines) is 1. The standard InChI is InChI=1S/C19H30N2O2.ClH/c1-13(2)18-9-8-17(11-14(18)3)23-15(4)19(22)21-10-6-7-16(21)12-20-5;/h8-9,11,13,15-16,20H,6-7,10,12H2,1-5H3;1H. The molecule has 0 aliphatic carbocycles. The molecule has 0 bridgehead atoms. The third-order valence-electron chi connectivity index (χ3n) is 4.62. The molecule has 2 atom stereocenters. The number of hydrogen-bond donors (Lipinski definition) is 1. The number of hydrogen-bond acceptors (Lipinski definition) is 3. The first kappa shape index (κ1) is 20.8. The van der Waals surface area contributed by atoms with Gasteiger partial charge in [-0.1, -0.05) is 19.9 Å². The summed E-state index contributed by atoms with van der Waals surface area (Å²) in [4.78, 5) is 14.6. The van der Waals surface area contributed by atoms with Gasteiger partial charge >= 0.3 is 0 Å². The summed E-state index contributed by atoms with van der Waals surface area (Å²) in [5, 5.41) is 3.17. The molecule has 1 fully saturated rings. The summed E-state index contributed by atoms with van der Waals surface area (Å²) in [5.41, 5.74) is 2.54. The number of nitrogens with zero attached hydrogens (tertiary/aromatic N) is 1. The van der Waals surface area contributed by atoms with Crippen molar-refractivity contribution in [2.45, 2.75) is 58.6 Å². The number of likely N-dealkylation sites (N-methyl/N-ethyl adjacent to an activating group) is 1. The SMILES string of the molecule is CNCC1CCCN1C(=O)C(C)Oc1ccc(C(C)C)c(C)c1.Cl. The molecule has 0 aromatic heterocycles. The molecule has 1 amide bonds. The summed E-state index contributed by atoms with van der Waals surface area (Å²) in [6.45, 7) is 10.0. The molecule has 24 heavy (non-hydrogen) atoms. The highest BCUT2D eigenvalue weighted by molar-refractivity contribution is 5.85. The highest BCUT2D eigenvalue weighted by Crippen LogP contribution is 2.25. The first-order valence-electron chi connectivity index (χ1n) is 8.66. The van der Waals surface area contributed by atoms with Crippen molar-refractivity contribution >= 4 is 18.3 Å². The molecule has 1 saturated heterocycles. The van der Waals surface area contributed by atoms with Crippen molar-refractivity contribution in [2.75, 3.05) is 20.1 Å². The minimum absolute atomic E-state index is 0. The van der Waals surface area contributed by atoms with Crippen LogP contribution in [0.2, 0.25) is 0 Å². The monoisotopic (exact) mass is 354 g/mol. The number of halogens is 1. The lowest BCUT2D eigenvalue weighted by atomic mass is 9.98. The van der Waals surface area contributed by atoms with Crippen LogP contribution in [0, 0.1) is 6.92 Å². The number of benzene rings is 1. The van der Waals surface area contributed by atoms with Crippen molar-refractivity contribution < 1.29 is 9.53 Å². The zero-order valence-corrected chi connectivity index (χ0v) is 16.3. The van der Waals surface area contributed by atoms with E-state index in [0.717, 1.165) is 31.7 Å². The fraction of sp³-hybridized carbons (Fsp3) is 0.632. The van der Waals surface area contributed by atoms with Crippen molar-refractivity contribution in [3.8, 4) is 5.75 Å². The van der Waals surface area contributed by atoms with Crippen LogP contribution in [0.3, 0.4) is 0 Å². The Morgan fingerprint density at radius 1 is 1.38 bits per heavy atom. The Kier molecular flexibility index (Phi) is 8.04. The average molecular weight is 355 g/mol. The van der Waals surface area contributed by atoms with Gasteiger partial charge < -0.3 is 15.0 Å². The largest absolute Gasteiger partial charge is 0.481 e. The second-order valence-electron chi connectivity index (χ2n) is 6.82. The predicted molar refractivity (Wildman–Crippen MR) is 101 cm³/mol. The third-order valence-corrected chi connectivity index (χ3v) is 4.62. The van der Waals surface area contributed by atoms with Gasteiger partial charge in [0, 0.05) is 19.1 Å². The number of ether oxygens (including phenoxy) is 1. The van der Waals surface area contributed by atoms with E-state index in [9.17, 15) is 4.79 Å². The zero-order valence-electron chi connectivity index (χ0n) is 15.5. The van der Waals surface area contributed by atoms with Gasteiger partial charge in [-0.3, -0.25) is 4.79 Å². The third kappa shape index (κ3) is 4.87. The maximum absolute atomic E-state index is 12.7. The second-order valence-corrected chi connectivity index (χ2v) is 6.82. The van der Waals surface area contributed by atoms with Gasteiger partial charge in [0.25, 0.3) is 5.91 Å².